The number of piperidine rings is 1. The van der Waals surface area contributed by atoms with Crippen LogP contribution in [0.5, 0.6) is 0 Å². The normalized spacial score (nSPS) is 23.8. The lowest BCUT2D eigenvalue weighted by atomic mass is 9.96. The summed E-state index contributed by atoms with van der Waals surface area (Å²) >= 11 is 1.58. The standard InChI is InChI=1S/C21H23N3O2S/c22-20(25)15-1-5-18(6-2-15)27-19-7-3-16(4-8-19)21(26)23-17-11-14-9-10-24(12-14)13-17/h1-8,14,17H,9-13H2,(H2,22,25)(H,23,26). The van der Waals surface area contributed by atoms with Gasteiger partial charge in [0.25, 0.3) is 5.91 Å². The maximum Gasteiger partial charge on any atom is 0.251 e. The van der Waals surface area contributed by atoms with Gasteiger partial charge in [0.2, 0.25) is 5.91 Å². The minimum absolute atomic E-state index is 0.00450. The van der Waals surface area contributed by atoms with Crippen molar-refractivity contribution in [3.8, 4) is 0 Å². The SMILES string of the molecule is NC(=O)c1ccc(Sc2ccc(C(=O)NC3CC4CCN(C4)C3)cc2)cc1. The number of carbonyl (C=O) groups excluding carboxylic acids is 2. The first kappa shape index (κ1) is 18.1. The van der Waals surface area contributed by atoms with E-state index in [4.69, 9.17) is 5.73 Å². The van der Waals surface area contributed by atoms with Crippen LogP contribution in [-0.2, 0) is 0 Å². The average Bonchev–Trinajstić information content (AvgIpc) is 3.01. The number of carbonyl (C=O) groups is 2. The molecule has 0 spiro atoms. The van der Waals surface area contributed by atoms with Gasteiger partial charge in [0.15, 0.2) is 0 Å². The molecular weight excluding hydrogens is 358 g/mol. The number of amides is 2. The zero-order valence-corrected chi connectivity index (χ0v) is 15.9. The molecule has 4 rings (SSSR count). The van der Waals surface area contributed by atoms with Gasteiger partial charge in [-0.25, -0.2) is 0 Å². The topological polar surface area (TPSA) is 75.4 Å². The zero-order chi connectivity index (χ0) is 18.8. The van der Waals surface area contributed by atoms with E-state index in [0.717, 1.165) is 28.7 Å². The first-order valence-corrected chi connectivity index (χ1v) is 10.1. The lowest BCUT2D eigenvalue weighted by molar-refractivity contribution is 0.0908. The van der Waals surface area contributed by atoms with Crippen LogP contribution in [0.15, 0.2) is 58.3 Å². The molecule has 3 N–H and O–H groups in total. The van der Waals surface area contributed by atoms with Gasteiger partial charge in [0, 0.05) is 40.0 Å². The number of benzene rings is 2. The molecule has 2 aliphatic heterocycles. The molecule has 3 atom stereocenters. The van der Waals surface area contributed by atoms with Crippen LogP contribution in [0.2, 0.25) is 0 Å². The first-order chi connectivity index (χ1) is 13.1. The number of nitrogens with zero attached hydrogens (tertiary/aromatic N) is 1. The van der Waals surface area contributed by atoms with Gasteiger partial charge in [-0.15, -0.1) is 0 Å². The Morgan fingerprint density at radius 2 is 1.59 bits per heavy atom. The van der Waals surface area contributed by atoms with E-state index >= 15 is 0 Å². The Balaban J connectivity index is 1.35. The summed E-state index contributed by atoms with van der Waals surface area (Å²) < 4.78 is 0. The van der Waals surface area contributed by atoms with Crippen molar-refractivity contribution >= 4 is 23.6 Å². The highest BCUT2D eigenvalue weighted by Crippen LogP contribution is 2.29. The van der Waals surface area contributed by atoms with Crippen LogP contribution in [0.25, 0.3) is 0 Å². The van der Waals surface area contributed by atoms with Gasteiger partial charge in [0.05, 0.1) is 0 Å². The van der Waals surface area contributed by atoms with Gasteiger partial charge in [0.1, 0.15) is 0 Å². The van der Waals surface area contributed by atoms with Crippen molar-refractivity contribution < 1.29 is 9.59 Å². The molecule has 2 heterocycles. The molecule has 3 unspecified atom stereocenters. The van der Waals surface area contributed by atoms with Gasteiger partial charge in [-0.1, -0.05) is 11.8 Å². The quantitative estimate of drug-likeness (QED) is 0.835. The Kier molecular flexibility index (Phi) is 5.18. The molecule has 2 aromatic carbocycles. The summed E-state index contributed by atoms with van der Waals surface area (Å²) in [5.41, 5.74) is 6.45. The molecule has 5 nitrogen and oxygen atoms in total. The van der Waals surface area contributed by atoms with E-state index in [1.165, 1.54) is 19.5 Å². The van der Waals surface area contributed by atoms with E-state index in [1.807, 2.05) is 36.4 Å². The summed E-state index contributed by atoms with van der Waals surface area (Å²) in [5.74, 6) is 0.318. The summed E-state index contributed by atoms with van der Waals surface area (Å²) in [6.45, 7) is 3.33. The third-order valence-electron chi connectivity index (χ3n) is 5.29. The van der Waals surface area contributed by atoms with E-state index < -0.39 is 5.91 Å². The second-order valence-corrected chi connectivity index (χ2v) is 8.48. The van der Waals surface area contributed by atoms with Gasteiger partial charge in [-0.3, -0.25) is 9.59 Å². The minimum Gasteiger partial charge on any atom is -0.366 e. The lowest BCUT2D eigenvalue weighted by Crippen LogP contribution is -2.47. The number of nitrogens with one attached hydrogen (secondary N) is 1. The predicted molar refractivity (Wildman–Crippen MR) is 106 cm³/mol. The molecule has 2 aromatic rings. The van der Waals surface area contributed by atoms with Crippen molar-refractivity contribution in [3.05, 3.63) is 59.7 Å². The van der Waals surface area contributed by atoms with E-state index in [-0.39, 0.29) is 11.9 Å². The highest BCUT2D eigenvalue weighted by molar-refractivity contribution is 7.99. The fourth-order valence-corrected chi connectivity index (χ4v) is 4.75. The number of hydrogen-bond donors (Lipinski definition) is 2. The van der Waals surface area contributed by atoms with Crippen LogP contribution in [-0.4, -0.2) is 42.4 Å². The monoisotopic (exact) mass is 381 g/mol. The smallest absolute Gasteiger partial charge is 0.251 e. The van der Waals surface area contributed by atoms with Crippen LogP contribution < -0.4 is 11.1 Å². The third-order valence-corrected chi connectivity index (χ3v) is 6.31. The Hall–Kier alpha value is -2.31. The van der Waals surface area contributed by atoms with E-state index in [2.05, 4.69) is 10.2 Å². The molecule has 2 amide bonds. The third kappa shape index (κ3) is 4.34. The zero-order valence-electron chi connectivity index (χ0n) is 15.1. The van der Waals surface area contributed by atoms with Gasteiger partial charge in [-0.2, -0.15) is 0 Å². The Morgan fingerprint density at radius 1 is 0.963 bits per heavy atom. The second-order valence-electron chi connectivity index (χ2n) is 7.34. The molecule has 2 saturated heterocycles. The fraction of sp³-hybridized carbons (Fsp3) is 0.333. The van der Waals surface area contributed by atoms with Crippen molar-refractivity contribution in [1.29, 1.82) is 0 Å². The molecule has 2 aliphatic rings. The van der Waals surface area contributed by atoms with Gasteiger partial charge >= 0.3 is 0 Å². The molecule has 0 aliphatic carbocycles. The molecule has 0 aromatic heterocycles. The molecule has 6 heteroatoms. The number of nitrogens with two attached hydrogens (primary N) is 1. The summed E-state index contributed by atoms with van der Waals surface area (Å²) in [6.07, 6.45) is 2.36. The van der Waals surface area contributed by atoms with Crippen molar-refractivity contribution in [3.63, 3.8) is 0 Å². The Morgan fingerprint density at radius 3 is 2.19 bits per heavy atom. The summed E-state index contributed by atoms with van der Waals surface area (Å²) in [6, 6.07) is 15.1. The summed E-state index contributed by atoms with van der Waals surface area (Å²) in [4.78, 5) is 28.2. The summed E-state index contributed by atoms with van der Waals surface area (Å²) in [5, 5.41) is 3.19. The highest BCUT2D eigenvalue weighted by Gasteiger charge is 2.32. The van der Waals surface area contributed by atoms with Gasteiger partial charge < -0.3 is 16.0 Å². The number of rotatable bonds is 5. The number of hydrogen-bond acceptors (Lipinski definition) is 4. The molecule has 27 heavy (non-hydrogen) atoms. The number of fused-ring (bicyclic) bond motifs is 2. The van der Waals surface area contributed by atoms with Crippen molar-refractivity contribution in [2.45, 2.75) is 28.7 Å². The van der Waals surface area contributed by atoms with Crippen molar-refractivity contribution in [2.75, 3.05) is 19.6 Å². The maximum atomic E-state index is 12.5. The largest absolute Gasteiger partial charge is 0.366 e. The predicted octanol–water partition coefficient (Wildman–Crippen LogP) is 2.76. The van der Waals surface area contributed by atoms with Crippen molar-refractivity contribution in [2.24, 2.45) is 11.7 Å². The van der Waals surface area contributed by atoms with Crippen LogP contribution in [0.4, 0.5) is 0 Å². The molecule has 2 bridgehead atoms. The molecule has 2 fully saturated rings. The average molecular weight is 382 g/mol. The molecular formula is C21H23N3O2S. The fourth-order valence-electron chi connectivity index (χ4n) is 3.93. The maximum absolute atomic E-state index is 12.5. The Bertz CT molecular complexity index is 824. The van der Waals surface area contributed by atoms with Gasteiger partial charge in [-0.05, 0) is 73.8 Å². The van der Waals surface area contributed by atoms with Crippen LogP contribution >= 0.6 is 11.8 Å². The molecule has 140 valence electrons. The first-order valence-electron chi connectivity index (χ1n) is 9.28. The van der Waals surface area contributed by atoms with Crippen LogP contribution in [0, 0.1) is 5.92 Å². The minimum atomic E-state index is -0.426. The van der Waals surface area contributed by atoms with Crippen LogP contribution in [0.1, 0.15) is 33.6 Å². The van der Waals surface area contributed by atoms with E-state index in [1.54, 1.807) is 23.9 Å². The Labute approximate surface area is 163 Å². The van der Waals surface area contributed by atoms with Crippen LogP contribution in [0.3, 0.4) is 0 Å². The summed E-state index contributed by atoms with van der Waals surface area (Å²) in [7, 11) is 0. The molecule has 0 saturated carbocycles. The second kappa shape index (κ2) is 7.74. The number of primary amides is 1. The highest BCUT2D eigenvalue weighted by atomic mass is 32.2. The molecule has 0 radical (unpaired) electrons. The van der Waals surface area contributed by atoms with Crippen molar-refractivity contribution in [1.82, 2.24) is 10.2 Å². The lowest BCUT2D eigenvalue weighted by Gasteiger charge is -2.30. The van der Waals surface area contributed by atoms with E-state index in [9.17, 15) is 9.59 Å². The van der Waals surface area contributed by atoms with E-state index in [0.29, 0.717) is 11.1 Å².